The summed E-state index contributed by atoms with van der Waals surface area (Å²) in [6.07, 6.45) is 3.36. The van der Waals surface area contributed by atoms with Gasteiger partial charge >= 0.3 is 5.97 Å². The van der Waals surface area contributed by atoms with E-state index < -0.39 is 5.97 Å². The number of hydrogen-bond acceptors (Lipinski definition) is 6. The SMILES string of the molecule is Cc1ccc(C)c(Nc2cc(-c3ccncc3)nc(NCC(=O)O)n2)c1. The maximum atomic E-state index is 10.8. The van der Waals surface area contributed by atoms with Gasteiger partial charge in [0.2, 0.25) is 5.95 Å². The molecule has 0 aliphatic rings. The number of pyridine rings is 1. The number of aliphatic carboxylic acids is 1. The van der Waals surface area contributed by atoms with Gasteiger partial charge in [-0.15, -0.1) is 0 Å². The molecular formula is C19H19N5O2. The number of nitrogens with one attached hydrogen (secondary N) is 2. The summed E-state index contributed by atoms with van der Waals surface area (Å²) >= 11 is 0. The highest BCUT2D eigenvalue weighted by molar-refractivity contribution is 5.73. The Hall–Kier alpha value is -3.48. The van der Waals surface area contributed by atoms with Crippen LogP contribution in [0.2, 0.25) is 0 Å². The van der Waals surface area contributed by atoms with Crippen molar-refractivity contribution in [1.82, 2.24) is 15.0 Å². The van der Waals surface area contributed by atoms with Crippen LogP contribution in [0.4, 0.5) is 17.5 Å². The van der Waals surface area contributed by atoms with E-state index in [-0.39, 0.29) is 12.5 Å². The van der Waals surface area contributed by atoms with Gasteiger partial charge < -0.3 is 15.7 Å². The Morgan fingerprint density at radius 2 is 1.85 bits per heavy atom. The zero-order valence-corrected chi connectivity index (χ0v) is 14.5. The minimum atomic E-state index is -0.980. The van der Waals surface area contributed by atoms with Gasteiger partial charge in [0.1, 0.15) is 12.4 Å². The summed E-state index contributed by atoms with van der Waals surface area (Å²) in [6.45, 7) is 3.77. The number of carbonyl (C=O) groups is 1. The van der Waals surface area contributed by atoms with E-state index in [1.54, 1.807) is 12.4 Å². The summed E-state index contributed by atoms with van der Waals surface area (Å²) in [6, 6.07) is 11.6. The first-order valence-corrected chi connectivity index (χ1v) is 8.11. The van der Waals surface area contributed by atoms with E-state index in [9.17, 15) is 4.79 Å². The molecule has 0 radical (unpaired) electrons. The van der Waals surface area contributed by atoms with Crippen molar-refractivity contribution in [3.8, 4) is 11.3 Å². The van der Waals surface area contributed by atoms with Crippen LogP contribution in [-0.2, 0) is 4.79 Å². The lowest BCUT2D eigenvalue weighted by molar-refractivity contribution is -0.134. The molecule has 2 aromatic heterocycles. The third-order valence-corrected chi connectivity index (χ3v) is 3.76. The fourth-order valence-corrected chi connectivity index (χ4v) is 2.42. The van der Waals surface area contributed by atoms with Crippen LogP contribution in [0.3, 0.4) is 0 Å². The van der Waals surface area contributed by atoms with Gasteiger partial charge in [-0.25, -0.2) is 4.98 Å². The Morgan fingerprint density at radius 3 is 2.58 bits per heavy atom. The molecule has 0 unspecified atom stereocenters. The number of anilines is 3. The maximum Gasteiger partial charge on any atom is 0.322 e. The third-order valence-electron chi connectivity index (χ3n) is 3.76. The van der Waals surface area contributed by atoms with Crippen LogP contribution in [0.25, 0.3) is 11.3 Å². The molecule has 132 valence electrons. The normalized spacial score (nSPS) is 10.4. The second-order valence-corrected chi connectivity index (χ2v) is 5.89. The molecule has 0 spiro atoms. The van der Waals surface area contributed by atoms with Crippen molar-refractivity contribution in [1.29, 1.82) is 0 Å². The van der Waals surface area contributed by atoms with Crippen LogP contribution in [0.1, 0.15) is 11.1 Å². The van der Waals surface area contributed by atoms with E-state index in [1.165, 1.54) is 0 Å². The molecule has 1 aromatic carbocycles. The molecule has 0 atom stereocenters. The minimum Gasteiger partial charge on any atom is -0.480 e. The van der Waals surface area contributed by atoms with E-state index in [0.717, 1.165) is 22.4 Å². The first kappa shape index (κ1) is 17.3. The smallest absolute Gasteiger partial charge is 0.322 e. The largest absolute Gasteiger partial charge is 0.480 e. The average Bonchev–Trinajstić information content (AvgIpc) is 2.63. The van der Waals surface area contributed by atoms with Gasteiger partial charge in [0.05, 0.1) is 5.69 Å². The molecule has 0 saturated heterocycles. The minimum absolute atomic E-state index is 0.245. The number of aromatic nitrogens is 3. The second-order valence-electron chi connectivity index (χ2n) is 5.89. The molecule has 2 heterocycles. The molecule has 7 nitrogen and oxygen atoms in total. The number of hydrogen-bond donors (Lipinski definition) is 3. The fraction of sp³-hybridized carbons (Fsp3) is 0.158. The maximum absolute atomic E-state index is 10.8. The number of carboxylic acid groups (broad SMARTS) is 1. The van der Waals surface area contributed by atoms with Crippen molar-refractivity contribution < 1.29 is 9.90 Å². The zero-order valence-electron chi connectivity index (χ0n) is 14.5. The molecule has 3 rings (SSSR count). The van der Waals surface area contributed by atoms with Gasteiger partial charge in [-0.05, 0) is 43.2 Å². The van der Waals surface area contributed by atoms with Gasteiger partial charge in [-0.3, -0.25) is 9.78 Å². The van der Waals surface area contributed by atoms with Gasteiger partial charge in [0.15, 0.2) is 0 Å². The monoisotopic (exact) mass is 349 g/mol. The Bertz CT molecular complexity index is 928. The summed E-state index contributed by atoms with van der Waals surface area (Å²) < 4.78 is 0. The first-order valence-electron chi connectivity index (χ1n) is 8.11. The topological polar surface area (TPSA) is 100 Å². The quantitative estimate of drug-likeness (QED) is 0.627. The average molecular weight is 349 g/mol. The molecular weight excluding hydrogens is 330 g/mol. The van der Waals surface area contributed by atoms with Crippen molar-refractivity contribution in [2.75, 3.05) is 17.2 Å². The molecule has 0 bridgehead atoms. The van der Waals surface area contributed by atoms with Crippen molar-refractivity contribution in [2.24, 2.45) is 0 Å². The number of rotatable bonds is 6. The second kappa shape index (κ2) is 7.60. The highest BCUT2D eigenvalue weighted by Crippen LogP contribution is 2.25. The van der Waals surface area contributed by atoms with Crippen molar-refractivity contribution in [2.45, 2.75) is 13.8 Å². The van der Waals surface area contributed by atoms with E-state index in [0.29, 0.717) is 11.5 Å². The highest BCUT2D eigenvalue weighted by Gasteiger charge is 2.09. The standard InChI is InChI=1S/C19H19N5O2/c1-12-3-4-13(2)15(9-12)22-17-10-16(14-5-7-20-8-6-14)23-19(24-17)21-11-18(25)26/h3-10H,11H2,1-2H3,(H,25,26)(H2,21,22,23,24). The van der Waals surface area contributed by atoms with Gasteiger partial charge in [-0.1, -0.05) is 12.1 Å². The van der Waals surface area contributed by atoms with Gasteiger partial charge in [-0.2, -0.15) is 4.98 Å². The summed E-state index contributed by atoms with van der Waals surface area (Å²) in [4.78, 5) is 23.6. The Morgan fingerprint density at radius 1 is 1.08 bits per heavy atom. The van der Waals surface area contributed by atoms with Crippen LogP contribution < -0.4 is 10.6 Å². The summed E-state index contributed by atoms with van der Waals surface area (Å²) in [5, 5.41) is 14.9. The van der Waals surface area contributed by atoms with Gasteiger partial charge in [0, 0.05) is 29.7 Å². The molecule has 0 aliphatic heterocycles. The van der Waals surface area contributed by atoms with Crippen molar-refractivity contribution in [3.05, 3.63) is 59.9 Å². The molecule has 3 N–H and O–H groups in total. The predicted molar refractivity (Wildman–Crippen MR) is 101 cm³/mol. The predicted octanol–water partition coefficient (Wildman–Crippen LogP) is 3.40. The molecule has 0 fully saturated rings. The van der Waals surface area contributed by atoms with Crippen LogP contribution in [0, 0.1) is 13.8 Å². The first-order chi connectivity index (χ1) is 12.5. The van der Waals surface area contributed by atoms with E-state index in [4.69, 9.17) is 5.11 Å². The molecule has 26 heavy (non-hydrogen) atoms. The van der Waals surface area contributed by atoms with Crippen molar-refractivity contribution in [3.63, 3.8) is 0 Å². The van der Waals surface area contributed by atoms with E-state index in [2.05, 4.69) is 25.6 Å². The van der Waals surface area contributed by atoms with Crippen LogP contribution >= 0.6 is 0 Å². The summed E-state index contributed by atoms with van der Waals surface area (Å²) in [7, 11) is 0. The third kappa shape index (κ3) is 4.32. The van der Waals surface area contributed by atoms with Crippen LogP contribution in [-0.4, -0.2) is 32.6 Å². The van der Waals surface area contributed by atoms with Crippen molar-refractivity contribution >= 4 is 23.4 Å². The number of benzene rings is 1. The lowest BCUT2D eigenvalue weighted by Crippen LogP contribution is -2.15. The van der Waals surface area contributed by atoms with E-state index in [1.807, 2.05) is 50.2 Å². The highest BCUT2D eigenvalue weighted by atomic mass is 16.4. The summed E-state index contributed by atoms with van der Waals surface area (Å²) in [5.41, 5.74) is 4.69. The number of aryl methyl sites for hydroxylation is 2. The number of carboxylic acids is 1. The summed E-state index contributed by atoms with van der Waals surface area (Å²) in [5.74, 6) is -0.158. The lowest BCUT2D eigenvalue weighted by Gasteiger charge is -2.13. The van der Waals surface area contributed by atoms with Crippen LogP contribution in [0.15, 0.2) is 48.8 Å². The Kier molecular flexibility index (Phi) is 5.07. The number of nitrogens with zero attached hydrogens (tertiary/aromatic N) is 3. The molecule has 0 aliphatic carbocycles. The zero-order chi connectivity index (χ0) is 18.5. The molecule has 0 saturated carbocycles. The Labute approximate surface area is 151 Å². The lowest BCUT2D eigenvalue weighted by atomic mass is 10.1. The fourth-order valence-electron chi connectivity index (χ4n) is 2.42. The van der Waals surface area contributed by atoms with E-state index >= 15 is 0 Å². The van der Waals surface area contributed by atoms with Gasteiger partial charge in [0.25, 0.3) is 0 Å². The van der Waals surface area contributed by atoms with Crippen LogP contribution in [0.5, 0.6) is 0 Å². The molecule has 7 heteroatoms. The molecule has 3 aromatic rings. The molecule has 0 amide bonds. The Balaban J connectivity index is 1.98.